The fourth-order valence-corrected chi connectivity index (χ4v) is 3.70. The maximum absolute atomic E-state index is 12.5. The van der Waals surface area contributed by atoms with Crippen LogP contribution >= 0.6 is 0 Å². The van der Waals surface area contributed by atoms with E-state index in [1.807, 2.05) is 59.4 Å². The van der Waals surface area contributed by atoms with Crippen molar-refractivity contribution in [1.82, 2.24) is 19.6 Å². The van der Waals surface area contributed by atoms with Crippen molar-refractivity contribution in [2.24, 2.45) is 7.05 Å². The van der Waals surface area contributed by atoms with Crippen LogP contribution in [0, 0.1) is 0 Å². The van der Waals surface area contributed by atoms with E-state index < -0.39 is 0 Å². The molecule has 1 aromatic carbocycles. The van der Waals surface area contributed by atoms with Crippen molar-refractivity contribution in [3.63, 3.8) is 0 Å². The standard InChI is InChI=1S/C19H24N4O3/c1-21-10-15(9-20-21)11-22-7-8-25-18-13-23(12-17(18)22)19(24)14-26-16-5-3-2-4-6-16/h2-6,9-10,17-18H,7-8,11-14H2,1H3/t17-,18+/m0/s1. The minimum atomic E-state index is 0.00757. The summed E-state index contributed by atoms with van der Waals surface area (Å²) in [4.78, 5) is 16.8. The highest BCUT2D eigenvalue weighted by molar-refractivity contribution is 5.78. The van der Waals surface area contributed by atoms with Crippen molar-refractivity contribution < 1.29 is 14.3 Å². The molecular weight excluding hydrogens is 332 g/mol. The van der Waals surface area contributed by atoms with Crippen LogP contribution < -0.4 is 4.74 Å². The molecule has 0 radical (unpaired) electrons. The summed E-state index contributed by atoms with van der Waals surface area (Å²) in [6, 6.07) is 9.66. The number of rotatable bonds is 5. The van der Waals surface area contributed by atoms with E-state index in [1.165, 1.54) is 5.56 Å². The average Bonchev–Trinajstić information content (AvgIpc) is 3.27. The number of aryl methyl sites for hydroxylation is 1. The maximum atomic E-state index is 12.5. The molecule has 26 heavy (non-hydrogen) atoms. The van der Waals surface area contributed by atoms with Crippen molar-refractivity contribution in [2.45, 2.75) is 18.7 Å². The molecule has 3 heterocycles. The number of aromatic nitrogens is 2. The van der Waals surface area contributed by atoms with Gasteiger partial charge in [-0.2, -0.15) is 5.10 Å². The molecule has 0 aliphatic carbocycles. The lowest BCUT2D eigenvalue weighted by Crippen LogP contribution is -2.50. The second-order valence-corrected chi connectivity index (χ2v) is 6.87. The van der Waals surface area contributed by atoms with Crippen LogP contribution in [0.15, 0.2) is 42.7 Å². The molecule has 2 aliphatic rings. The highest BCUT2D eigenvalue weighted by atomic mass is 16.5. The molecule has 2 fully saturated rings. The number of fused-ring (bicyclic) bond motifs is 1. The Morgan fingerprint density at radius 1 is 1.31 bits per heavy atom. The summed E-state index contributed by atoms with van der Waals surface area (Å²) < 4.78 is 13.3. The zero-order chi connectivity index (χ0) is 17.9. The summed E-state index contributed by atoms with van der Waals surface area (Å²) in [7, 11) is 1.92. The van der Waals surface area contributed by atoms with Gasteiger partial charge in [-0.15, -0.1) is 0 Å². The number of hydrogen-bond donors (Lipinski definition) is 0. The van der Waals surface area contributed by atoms with Gasteiger partial charge in [-0.05, 0) is 12.1 Å². The summed E-state index contributed by atoms with van der Waals surface area (Å²) in [6.45, 7) is 3.78. The van der Waals surface area contributed by atoms with E-state index in [-0.39, 0.29) is 24.7 Å². The number of amides is 1. The van der Waals surface area contributed by atoms with Crippen molar-refractivity contribution in [2.75, 3.05) is 32.8 Å². The first-order valence-corrected chi connectivity index (χ1v) is 8.98. The van der Waals surface area contributed by atoms with Gasteiger partial charge < -0.3 is 14.4 Å². The molecule has 2 saturated heterocycles. The van der Waals surface area contributed by atoms with Crippen LogP contribution in [0.3, 0.4) is 0 Å². The molecule has 7 heteroatoms. The molecule has 1 aromatic heterocycles. The zero-order valence-electron chi connectivity index (χ0n) is 15.0. The van der Waals surface area contributed by atoms with Gasteiger partial charge in [-0.1, -0.05) is 18.2 Å². The Labute approximate surface area is 153 Å². The van der Waals surface area contributed by atoms with Crippen molar-refractivity contribution >= 4 is 5.91 Å². The number of para-hydroxylation sites is 1. The third-order valence-electron chi connectivity index (χ3n) is 5.02. The Balaban J connectivity index is 1.35. The lowest BCUT2D eigenvalue weighted by atomic mass is 10.1. The lowest BCUT2D eigenvalue weighted by molar-refractivity contribution is -0.132. The van der Waals surface area contributed by atoms with Crippen molar-refractivity contribution in [3.8, 4) is 5.75 Å². The highest BCUT2D eigenvalue weighted by Crippen LogP contribution is 2.24. The molecule has 0 bridgehead atoms. The van der Waals surface area contributed by atoms with Crippen LogP contribution in [0.1, 0.15) is 5.56 Å². The lowest BCUT2D eigenvalue weighted by Gasteiger charge is -2.36. The molecule has 4 rings (SSSR count). The molecule has 0 unspecified atom stereocenters. The maximum Gasteiger partial charge on any atom is 0.260 e. The van der Waals surface area contributed by atoms with Crippen molar-refractivity contribution in [1.29, 1.82) is 0 Å². The zero-order valence-corrected chi connectivity index (χ0v) is 15.0. The van der Waals surface area contributed by atoms with Crippen LogP contribution in [-0.4, -0.2) is 70.5 Å². The number of carbonyl (C=O) groups is 1. The molecule has 0 spiro atoms. The van der Waals surface area contributed by atoms with Gasteiger partial charge in [-0.3, -0.25) is 14.4 Å². The average molecular weight is 356 g/mol. The van der Waals surface area contributed by atoms with E-state index in [2.05, 4.69) is 10.00 Å². The fourth-order valence-electron chi connectivity index (χ4n) is 3.70. The minimum Gasteiger partial charge on any atom is -0.484 e. The van der Waals surface area contributed by atoms with E-state index in [0.29, 0.717) is 25.4 Å². The first kappa shape index (κ1) is 17.1. The number of carbonyl (C=O) groups excluding carboxylic acids is 1. The summed E-state index contributed by atoms with van der Waals surface area (Å²) in [6.07, 6.45) is 4.01. The number of hydrogen-bond acceptors (Lipinski definition) is 5. The van der Waals surface area contributed by atoms with Crippen LogP contribution in [0.4, 0.5) is 0 Å². The normalized spacial score (nSPS) is 23.0. The molecule has 2 atom stereocenters. The number of likely N-dealkylation sites (tertiary alicyclic amines) is 1. The Bertz CT molecular complexity index is 748. The number of benzene rings is 1. The predicted molar refractivity (Wildman–Crippen MR) is 95.7 cm³/mol. The summed E-state index contributed by atoms with van der Waals surface area (Å²) in [5, 5.41) is 4.24. The first-order valence-electron chi connectivity index (χ1n) is 8.98. The Kier molecular flexibility index (Phi) is 4.90. The Morgan fingerprint density at radius 3 is 2.92 bits per heavy atom. The summed E-state index contributed by atoms with van der Waals surface area (Å²) in [5.41, 5.74) is 1.19. The fraction of sp³-hybridized carbons (Fsp3) is 0.474. The molecule has 2 aromatic rings. The quantitative estimate of drug-likeness (QED) is 0.797. The van der Waals surface area contributed by atoms with Gasteiger partial charge in [-0.25, -0.2) is 0 Å². The Morgan fingerprint density at radius 2 is 2.15 bits per heavy atom. The topological polar surface area (TPSA) is 59.8 Å². The van der Waals surface area contributed by atoms with Crippen molar-refractivity contribution in [3.05, 3.63) is 48.3 Å². The first-order chi connectivity index (χ1) is 12.7. The third kappa shape index (κ3) is 3.73. The van der Waals surface area contributed by atoms with E-state index >= 15 is 0 Å². The number of ether oxygens (including phenoxy) is 2. The van der Waals surface area contributed by atoms with Gasteiger partial charge in [0, 0.05) is 45.0 Å². The van der Waals surface area contributed by atoms with E-state index in [0.717, 1.165) is 13.1 Å². The smallest absolute Gasteiger partial charge is 0.260 e. The molecule has 138 valence electrons. The van der Waals surface area contributed by atoms with Gasteiger partial charge in [0.1, 0.15) is 5.75 Å². The largest absolute Gasteiger partial charge is 0.484 e. The highest BCUT2D eigenvalue weighted by Gasteiger charge is 2.41. The van der Waals surface area contributed by atoms with Gasteiger partial charge in [0.25, 0.3) is 5.91 Å². The predicted octanol–water partition coefficient (Wildman–Crippen LogP) is 0.911. The monoisotopic (exact) mass is 356 g/mol. The third-order valence-corrected chi connectivity index (χ3v) is 5.02. The van der Waals surface area contributed by atoms with Crippen LogP contribution in [-0.2, 0) is 23.1 Å². The molecule has 0 saturated carbocycles. The second kappa shape index (κ2) is 7.47. The molecule has 7 nitrogen and oxygen atoms in total. The van der Waals surface area contributed by atoms with Crippen LogP contribution in [0.5, 0.6) is 5.75 Å². The van der Waals surface area contributed by atoms with Gasteiger partial charge >= 0.3 is 0 Å². The molecular formula is C19H24N4O3. The van der Waals surface area contributed by atoms with Gasteiger partial charge in [0.05, 0.1) is 24.9 Å². The molecule has 0 N–H and O–H groups in total. The SMILES string of the molecule is Cn1cc(CN2CCO[C@@H]3CN(C(=O)COc4ccccc4)C[C@@H]32)cn1. The number of nitrogens with zero attached hydrogens (tertiary/aromatic N) is 4. The van der Waals surface area contributed by atoms with Gasteiger partial charge in [0.2, 0.25) is 0 Å². The number of morpholine rings is 1. The second-order valence-electron chi connectivity index (χ2n) is 6.87. The van der Waals surface area contributed by atoms with E-state index in [9.17, 15) is 4.79 Å². The molecule has 1 amide bonds. The molecule has 2 aliphatic heterocycles. The van der Waals surface area contributed by atoms with Gasteiger partial charge in [0.15, 0.2) is 6.61 Å². The van der Waals surface area contributed by atoms with Crippen LogP contribution in [0.25, 0.3) is 0 Å². The summed E-state index contributed by atoms with van der Waals surface area (Å²) >= 11 is 0. The summed E-state index contributed by atoms with van der Waals surface area (Å²) in [5.74, 6) is 0.722. The Hall–Kier alpha value is -2.38. The van der Waals surface area contributed by atoms with E-state index in [4.69, 9.17) is 9.47 Å². The van der Waals surface area contributed by atoms with E-state index in [1.54, 1.807) is 0 Å². The minimum absolute atomic E-state index is 0.00757. The van der Waals surface area contributed by atoms with Crippen LogP contribution in [0.2, 0.25) is 0 Å².